The average Bonchev–Trinajstić information content (AvgIpc) is 2.61. The van der Waals surface area contributed by atoms with Crippen molar-refractivity contribution in [3.8, 4) is 16.9 Å². The Balaban J connectivity index is 2.19. The third-order valence-corrected chi connectivity index (χ3v) is 4.03. The van der Waals surface area contributed by atoms with E-state index in [-0.39, 0.29) is 28.5 Å². The van der Waals surface area contributed by atoms with Gasteiger partial charge >= 0.3 is 11.6 Å². The van der Waals surface area contributed by atoms with Crippen molar-refractivity contribution in [1.29, 1.82) is 0 Å². The molecule has 0 saturated carbocycles. The summed E-state index contributed by atoms with van der Waals surface area (Å²) in [6.07, 6.45) is 0. The molecule has 3 aromatic rings. The van der Waals surface area contributed by atoms with Gasteiger partial charge in [-0.1, -0.05) is 29.8 Å². The number of esters is 1. The van der Waals surface area contributed by atoms with Crippen molar-refractivity contribution >= 4 is 28.5 Å². The van der Waals surface area contributed by atoms with Gasteiger partial charge in [0.25, 0.3) is 0 Å². The second-order valence-corrected chi connectivity index (χ2v) is 5.65. The molecule has 3 rings (SSSR count). The lowest BCUT2D eigenvalue weighted by atomic mass is 10.0. The molecule has 0 unspecified atom stereocenters. The molecule has 0 atom stereocenters. The van der Waals surface area contributed by atoms with Gasteiger partial charge in [0.15, 0.2) is 0 Å². The largest absolute Gasteiger partial charge is 0.496 e. The van der Waals surface area contributed by atoms with Crippen LogP contribution in [0.15, 0.2) is 51.7 Å². The molecule has 1 heterocycles. The van der Waals surface area contributed by atoms with E-state index in [4.69, 9.17) is 25.5 Å². The Bertz CT molecular complexity index is 1010. The number of ether oxygens (including phenoxy) is 2. The number of rotatable bonds is 4. The highest BCUT2D eigenvalue weighted by Crippen LogP contribution is 2.34. The number of fused-ring (bicyclic) bond motifs is 1. The molecule has 0 N–H and O–H groups in total. The predicted molar refractivity (Wildman–Crippen MR) is 95.4 cm³/mol. The van der Waals surface area contributed by atoms with Crippen LogP contribution in [0.25, 0.3) is 22.1 Å². The minimum absolute atomic E-state index is 0.197. The summed E-state index contributed by atoms with van der Waals surface area (Å²) in [5, 5.41) is 0.994. The van der Waals surface area contributed by atoms with Crippen LogP contribution in [0.2, 0.25) is 5.02 Å². The Labute approximate surface area is 148 Å². The van der Waals surface area contributed by atoms with Gasteiger partial charge in [0, 0.05) is 16.0 Å². The molecule has 128 valence electrons. The third-order valence-electron chi connectivity index (χ3n) is 3.72. The van der Waals surface area contributed by atoms with Gasteiger partial charge in [0.2, 0.25) is 0 Å². The van der Waals surface area contributed by atoms with Crippen LogP contribution in [-0.2, 0) is 4.74 Å². The molecule has 0 aliphatic heterocycles. The van der Waals surface area contributed by atoms with Crippen LogP contribution < -0.4 is 10.4 Å². The molecule has 5 nitrogen and oxygen atoms in total. The summed E-state index contributed by atoms with van der Waals surface area (Å²) >= 11 is 6.32. The lowest BCUT2D eigenvalue weighted by Gasteiger charge is -2.12. The van der Waals surface area contributed by atoms with Gasteiger partial charge in [-0.15, -0.1) is 0 Å². The topological polar surface area (TPSA) is 65.7 Å². The maximum atomic E-state index is 12.3. The van der Waals surface area contributed by atoms with Crippen LogP contribution in [-0.4, -0.2) is 19.7 Å². The van der Waals surface area contributed by atoms with Crippen molar-refractivity contribution in [2.45, 2.75) is 6.92 Å². The van der Waals surface area contributed by atoms with E-state index in [0.717, 1.165) is 5.39 Å². The lowest BCUT2D eigenvalue weighted by molar-refractivity contribution is 0.0523. The molecule has 0 saturated heterocycles. The van der Waals surface area contributed by atoms with E-state index in [0.29, 0.717) is 11.1 Å². The first-order valence-electron chi connectivity index (χ1n) is 7.63. The summed E-state index contributed by atoms with van der Waals surface area (Å²) < 4.78 is 15.6. The summed E-state index contributed by atoms with van der Waals surface area (Å²) in [6, 6.07) is 11.9. The van der Waals surface area contributed by atoms with E-state index in [1.165, 1.54) is 19.2 Å². The van der Waals surface area contributed by atoms with Gasteiger partial charge in [-0.3, -0.25) is 0 Å². The van der Waals surface area contributed by atoms with Crippen molar-refractivity contribution in [2.24, 2.45) is 0 Å². The van der Waals surface area contributed by atoms with Crippen molar-refractivity contribution in [1.82, 2.24) is 0 Å². The van der Waals surface area contributed by atoms with Gasteiger partial charge in [0.05, 0.1) is 19.3 Å². The monoisotopic (exact) mass is 358 g/mol. The summed E-state index contributed by atoms with van der Waals surface area (Å²) in [6.45, 7) is 1.94. The van der Waals surface area contributed by atoms with Gasteiger partial charge in [-0.2, -0.15) is 0 Å². The maximum Gasteiger partial charge on any atom is 0.344 e. The van der Waals surface area contributed by atoms with Crippen LogP contribution >= 0.6 is 11.6 Å². The Morgan fingerprint density at radius 2 is 1.92 bits per heavy atom. The van der Waals surface area contributed by atoms with Gasteiger partial charge in [-0.05, 0) is 31.2 Å². The second-order valence-electron chi connectivity index (χ2n) is 5.24. The first-order chi connectivity index (χ1) is 12.0. The highest BCUT2D eigenvalue weighted by molar-refractivity contribution is 6.33. The quantitative estimate of drug-likeness (QED) is 0.514. The number of benzene rings is 2. The van der Waals surface area contributed by atoms with Crippen molar-refractivity contribution in [2.75, 3.05) is 13.7 Å². The average molecular weight is 359 g/mol. The zero-order valence-corrected chi connectivity index (χ0v) is 14.4. The van der Waals surface area contributed by atoms with Crippen LogP contribution in [0.5, 0.6) is 5.75 Å². The maximum absolute atomic E-state index is 12.3. The molecule has 0 fully saturated rings. The van der Waals surface area contributed by atoms with Crippen molar-refractivity contribution < 1.29 is 18.7 Å². The van der Waals surface area contributed by atoms with Crippen LogP contribution in [0.4, 0.5) is 0 Å². The van der Waals surface area contributed by atoms with E-state index in [9.17, 15) is 9.59 Å². The Hall–Kier alpha value is -2.79. The number of para-hydroxylation sites is 1. The normalized spacial score (nSPS) is 10.7. The molecule has 0 amide bonds. The molecule has 0 bridgehead atoms. The predicted octanol–water partition coefficient (Wildman–Crippen LogP) is 4.30. The summed E-state index contributed by atoms with van der Waals surface area (Å²) in [7, 11) is 1.43. The minimum Gasteiger partial charge on any atom is -0.496 e. The number of carbonyl (C=O) groups excluding carboxylic acids is 1. The van der Waals surface area contributed by atoms with E-state index >= 15 is 0 Å². The number of carbonyl (C=O) groups is 1. The zero-order valence-electron chi connectivity index (χ0n) is 13.7. The summed E-state index contributed by atoms with van der Waals surface area (Å²) in [5.74, 6) is -0.274. The highest BCUT2D eigenvalue weighted by Gasteiger charge is 2.19. The minimum atomic E-state index is -0.543. The Kier molecular flexibility index (Phi) is 4.76. The molecule has 0 radical (unpaired) electrons. The molecule has 2 aromatic carbocycles. The standard InChI is InChI=1S/C19H15ClO5/c1-3-24-18(21)14-9-15(20)12(10-17(14)23-2)13-8-11-6-4-5-7-16(11)25-19(13)22/h4-10H,3H2,1-2H3. The fourth-order valence-corrected chi connectivity index (χ4v) is 2.81. The van der Waals surface area contributed by atoms with Crippen molar-refractivity contribution in [3.63, 3.8) is 0 Å². The van der Waals surface area contributed by atoms with E-state index in [2.05, 4.69) is 0 Å². The van der Waals surface area contributed by atoms with Crippen molar-refractivity contribution in [3.05, 3.63) is 63.5 Å². The number of methoxy groups -OCH3 is 1. The number of hydrogen-bond acceptors (Lipinski definition) is 5. The van der Waals surface area contributed by atoms with Gasteiger partial charge in [0.1, 0.15) is 16.9 Å². The smallest absolute Gasteiger partial charge is 0.344 e. The first-order valence-corrected chi connectivity index (χ1v) is 8.01. The molecule has 0 spiro atoms. The second kappa shape index (κ2) is 6.99. The summed E-state index contributed by atoms with van der Waals surface area (Å²) in [5.41, 5.74) is 0.876. The van der Waals surface area contributed by atoms with E-state index < -0.39 is 11.6 Å². The zero-order chi connectivity index (χ0) is 18.0. The molecule has 25 heavy (non-hydrogen) atoms. The molecule has 0 aliphatic rings. The van der Waals surface area contributed by atoms with E-state index in [1.54, 1.807) is 25.1 Å². The molecular formula is C19H15ClO5. The number of halogens is 1. The fraction of sp³-hybridized carbons (Fsp3) is 0.158. The SMILES string of the molecule is CCOC(=O)c1cc(Cl)c(-c2cc3ccccc3oc2=O)cc1OC. The lowest BCUT2D eigenvalue weighted by Crippen LogP contribution is -2.08. The van der Waals surface area contributed by atoms with Gasteiger partial charge in [-0.25, -0.2) is 9.59 Å². The fourth-order valence-electron chi connectivity index (χ4n) is 2.55. The molecular weight excluding hydrogens is 344 g/mol. The van der Waals surface area contributed by atoms with Crippen LogP contribution in [0.1, 0.15) is 17.3 Å². The number of hydrogen-bond donors (Lipinski definition) is 0. The first kappa shape index (κ1) is 17.0. The van der Waals surface area contributed by atoms with Crippen LogP contribution in [0, 0.1) is 0 Å². The van der Waals surface area contributed by atoms with Crippen LogP contribution in [0.3, 0.4) is 0 Å². The molecule has 0 aliphatic carbocycles. The highest BCUT2D eigenvalue weighted by atomic mass is 35.5. The molecule has 1 aromatic heterocycles. The summed E-state index contributed by atoms with van der Waals surface area (Å²) in [4.78, 5) is 24.4. The van der Waals surface area contributed by atoms with E-state index in [1.807, 2.05) is 12.1 Å². The van der Waals surface area contributed by atoms with Gasteiger partial charge < -0.3 is 13.9 Å². The Morgan fingerprint density at radius 3 is 2.64 bits per heavy atom. The molecule has 6 heteroatoms. The Morgan fingerprint density at radius 1 is 1.16 bits per heavy atom. The third kappa shape index (κ3) is 3.23.